The van der Waals surface area contributed by atoms with E-state index in [0.717, 1.165) is 35.7 Å². The molecule has 0 aliphatic rings. The summed E-state index contributed by atoms with van der Waals surface area (Å²) in [6, 6.07) is 5.47. The number of halogens is 1. The van der Waals surface area contributed by atoms with Crippen LogP contribution in [0.5, 0.6) is 0 Å². The summed E-state index contributed by atoms with van der Waals surface area (Å²) < 4.78 is 1.82. The number of rotatable bonds is 9. The van der Waals surface area contributed by atoms with Crippen molar-refractivity contribution in [2.45, 2.75) is 42.2 Å². The van der Waals surface area contributed by atoms with Gasteiger partial charge >= 0.3 is 0 Å². The highest BCUT2D eigenvalue weighted by atomic mass is 35.5. The van der Waals surface area contributed by atoms with Crippen LogP contribution in [0.1, 0.15) is 32.1 Å². The molecule has 0 aliphatic carbocycles. The first kappa shape index (κ1) is 18.8. The van der Waals surface area contributed by atoms with E-state index in [1.54, 1.807) is 12.4 Å². The van der Waals surface area contributed by atoms with E-state index >= 15 is 0 Å². The van der Waals surface area contributed by atoms with Gasteiger partial charge in [-0.3, -0.25) is 4.79 Å². The quantitative estimate of drug-likeness (QED) is 0.663. The van der Waals surface area contributed by atoms with Gasteiger partial charge in [-0.05, 0) is 49.3 Å². The number of aromatic nitrogens is 3. The Balaban J connectivity index is 1.85. The topological polar surface area (TPSA) is 85.8 Å². The van der Waals surface area contributed by atoms with Gasteiger partial charge in [-0.1, -0.05) is 24.4 Å². The summed E-state index contributed by atoms with van der Waals surface area (Å²) >= 11 is 7.73. The van der Waals surface area contributed by atoms with E-state index in [1.807, 2.05) is 23.7 Å². The van der Waals surface area contributed by atoms with Gasteiger partial charge in [0.25, 0.3) is 0 Å². The first-order valence-corrected chi connectivity index (χ1v) is 9.11. The van der Waals surface area contributed by atoms with Crippen LogP contribution in [-0.4, -0.2) is 27.2 Å². The van der Waals surface area contributed by atoms with Crippen LogP contribution in [0, 0.1) is 0 Å². The van der Waals surface area contributed by atoms with Gasteiger partial charge in [0.1, 0.15) is 6.33 Å². The lowest BCUT2D eigenvalue weighted by molar-refractivity contribution is -0.116. The number of hydrogen-bond acceptors (Lipinski definition) is 5. The molecule has 0 fully saturated rings. The lowest BCUT2D eigenvalue weighted by Crippen LogP contribution is -2.11. The minimum Gasteiger partial charge on any atom is -0.330 e. The molecule has 0 saturated heterocycles. The summed E-state index contributed by atoms with van der Waals surface area (Å²) in [5, 5.41) is 12.1. The van der Waals surface area contributed by atoms with E-state index in [0.29, 0.717) is 23.7 Å². The molecule has 1 aromatic carbocycles. The van der Waals surface area contributed by atoms with Gasteiger partial charge in [-0.2, -0.15) is 0 Å². The van der Waals surface area contributed by atoms with Crippen molar-refractivity contribution in [3.05, 3.63) is 29.5 Å². The summed E-state index contributed by atoms with van der Waals surface area (Å²) in [7, 11) is 1.87. The second kappa shape index (κ2) is 9.66. The van der Waals surface area contributed by atoms with E-state index in [2.05, 4.69) is 15.5 Å². The number of hydrogen-bond donors (Lipinski definition) is 2. The molecular weight excluding hydrogens is 346 g/mol. The van der Waals surface area contributed by atoms with Crippen molar-refractivity contribution in [1.29, 1.82) is 0 Å². The van der Waals surface area contributed by atoms with E-state index in [9.17, 15) is 4.79 Å². The van der Waals surface area contributed by atoms with Gasteiger partial charge in [-0.15, -0.1) is 10.2 Å². The Kier molecular flexibility index (Phi) is 7.55. The van der Waals surface area contributed by atoms with Crippen LogP contribution in [0.15, 0.2) is 34.6 Å². The molecule has 2 aromatic rings. The Morgan fingerprint density at radius 3 is 2.79 bits per heavy atom. The Hall–Kier alpha value is -1.57. The zero-order chi connectivity index (χ0) is 17.4. The van der Waals surface area contributed by atoms with Crippen LogP contribution in [0.25, 0.3) is 0 Å². The first-order chi connectivity index (χ1) is 11.6. The fraction of sp³-hybridized carbons (Fsp3) is 0.438. The fourth-order valence-corrected chi connectivity index (χ4v) is 3.20. The monoisotopic (exact) mass is 367 g/mol. The average molecular weight is 368 g/mol. The van der Waals surface area contributed by atoms with E-state index in [4.69, 9.17) is 17.3 Å². The fourth-order valence-electron chi connectivity index (χ4n) is 2.13. The van der Waals surface area contributed by atoms with Gasteiger partial charge in [0, 0.05) is 24.1 Å². The van der Waals surface area contributed by atoms with Crippen molar-refractivity contribution in [1.82, 2.24) is 14.8 Å². The standard InChI is InChI=1S/C16H22ClN5OS/c1-22-11-19-21-16(22)24-14-8-7-12(10-13(14)17)20-15(23)6-4-2-3-5-9-18/h7-8,10-11H,2-6,9,18H2,1H3,(H,20,23). The van der Waals surface area contributed by atoms with Crippen LogP contribution in [0.3, 0.4) is 0 Å². The van der Waals surface area contributed by atoms with Gasteiger partial charge < -0.3 is 15.6 Å². The number of unbranched alkanes of at least 4 members (excludes halogenated alkanes) is 3. The number of carbonyl (C=O) groups excluding carboxylic acids is 1. The molecule has 24 heavy (non-hydrogen) atoms. The molecule has 0 aliphatic heterocycles. The lowest BCUT2D eigenvalue weighted by Gasteiger charge is -2.08. The molecular formula is C16H22ClN5OS. The Labute approximate surface area is 151 Å². The van der Waals surface area contributed by atoms with Gasteiger partial charge in [0.15, 0.2) is 5.16 Å². The molecule has 1 amide bonds. The SMILES string of the molecule is Cn1cnnc1Sc1ccc(NC(=O)CCCCCCN)cc1Cl. The molecule has 3 N–H and O–H groups in total. The second-order valence-electron chi connectivity index (χ2n) is 5.47. The molecule has 0 bridgehead atoms. The molecule has 0 atom stereocenters. The predicted molar refractivity (Wildman–Crippen MR) is 97.3 cm³/mol. The summed E-state index contributed by atoms with van der Waals surface area (Å²) in [5.74, 6) is 0.00696. The number of aryl methyl sites for hydroxylation is 1. The molecule has 1 aromatic heterocycles. The zero-order valence-electron chi connectivity index (χ0n) is 13.7. The normalized spacial score (nSPS) is 10.8. The smallest absolute Gasteiger partial charge is 0.224 e. The maximum absolute atomic E-state index is 11.9. The maximum atomic E-state index is 11.9. The molecule has 0 saturated carbocycles. The average Bonchev–Trinajstić information content (AvgIpc) is 2.95. The highest BCUT2D eigenvalue weighted by Crippen LogP contribution is 2.33. The third kappa shape index (κ3) is 5.81. The van der Waals surface area contributed by atoms with Gasteiger partial charge in [-0.25, -0.2) is 0 Å². The molecule has 0 spiro atoms. The molecule has 1 heterocycles. The molecule has 2 rings (SSSR count). The number of nitrogens with two attached hydrogens (primary N) is 1. The number of anilines is 1. The molecule has 0 radical (unpaired) electrons. The van der Waals surface area contributed by atoms with E-state index in [1.165, 1.54) is 11.8 Å². The van der Waals surface area contributed by atoms with Crippen LogP contribution < -0.4 is 11.1 Å². The molecule has 130 valence electrons. The van der Waals surface area contributed by atoms with Gasteiger partial charge in [0.05, 0.1) is 5.02 Å². The van der Waals surface area contributed by atoms with Crippen molar-refractivity contribution < 1.29 is 4.79 Å². The van der Waals surface area contributed by atoms with Crippen LogP contribution >= 0.6 is 23.4 Å². The summed E-state index contributed by atoms with van der Waals surface area (Å²) in [6.07, 6.45) is 6.14. The Morgan fingerprint density at radius 1 is 1.33 bits per heavy atom. The Morgan fingerprint density at radius 2 is 2.12 bits per heavy atom. The number of carbonyl (C=O) groups is 1. The number of nitrogens with zero attached hydrogens (tertiary/aromatic N) is 3. The summed E-state index contributed by atoms with van der Waals surface area (Å²) in [6.45, 7) is 0.712. The van der Waals surface area contributed by atoms with E-state index < -0.39 is 0 Å². The minimum atomic E-state index is 0.00696. The third-order valence-electron chi connectivity index (χ3n) is 3.44. The highest BCUT2D eigenvalue weighted by Gasteiger charge is 2.09. The summed E-state index contributed by atoms with van der Waals surface area (Å²) in [5.41, 5.74) is 6.15. The van der Waals surface area contributed by atoms with Crippen LogP contribution in [0.2, 0.25) is 5.02 Å². The Bertz CT molecular complexity index is 676. The zero-order valence-corrected chi connectivity index (χ0v) is 15.2. The number of benzene rings is 1. The predicted octanol–water partition coefficient (Wildman–Crippen LogP) is 3.47. The minimum absolute atomic E-state index is 0.00696. The lowest BCUT2D eigenvalue weighted by atomic mass is 10.1. The van der Waals surface area contributed by atoms with Crippen molar-refractivity contribution in [2.24, 2.45) is 12.8 Å². The van der Waals surface area contributed by atoms with Crippen molar-refractivity contribution >= 4 is 35.0 Å². The largest absolute Gasteiger partial charge is 0.330 e. The van der Waals surface area contributed by atoms with E-state index in [-0.39, 0.29) is 5.91 Å². The second-order valence-corrected chi connectivity index (χ2v) is 6.89. The number of nitrogens with one attached hydrogen (secondary N) is 1. The van der Waals surface area contributed by atoms with Crippen molar-refractivity contribution in [3.8, 4) is 0 Å². The molecule has 8 heteroatoms. The molecule has 6 nitrogen and oxygen atoms in total. The molecule has 0 unspecified atom stereocenters. The van der Waals surface area contributed by atoms with Gasteiger partial charge in [0.2, 0.25) is 5.91 Å². The number of amides is 1. The third-order valence-corrected chi connectivity index (χ3v) is 5.00. The first-order valence-electron chi connectivity index (χ1n) is 7.91. The highest BCUT2D eigenvalue weighted by molar-refractivity contribution is 7.99. The van der Waals surface area contributed by atoms with Crippen LogP contribution in [0.4, 0.5) is 5.69 Å². The van der Waals surface area contributed by atoms with Crippen molar-refractivity contribution in [3.63, 3.8) is 0 Å². The van der Waals surface area contributed by atoms with Crippen LogP contribution in [-0.2, 0) is 11.8 Å². The summed E-state index contributed by atoms with van der Waals surface area (Å²) in [4.78, 5) is 12.8. The maximum Gasteiger partial charge on any atom is 0.224 e. The van der Waals surface area contributed by atoms with Crippen molar-refractivity contribution in [2.75, 3.05) is 11.9 Å².